The predicted octanol–water partition coefficient (Wildman–Crippen LogP) is 4.13. The summed E-state index contributed by atoms with van der Waals surface area (Å²) in [4.78, 5) is 6.83. The normalized spacial score (nSPS) is 15.3. The number of ether oxygens (including phenoxy) is 1. The van der Waals surface area contributed by atoms with Gasteiger partial charge in [-0.2, -0.15) is 0 Å². The third kappa shape index (κ3) is 2.04. The monoisotopic (exact) mass is 291 g/mol. The summed E-state index contributed by atoms with van der Waals surface area (Å²) in [5.41, 5.74) is 3.03. The summed E-state index contributed by atoms with van der Waals surface area (Å²) in [6.45, 7) is 3.95. The Morgan fingerprint density at radius 3 is 2.91 bits per heavy atom. The second-order valence-corrected chi connectivity index (χ2v) is 5.28. The van der Waals surface area contributed by atoms with Gasteiger partial charge in [-0.05, 0) is 37.3 Å². The number of nitrogens with zero attached hydrogens (tertiary/aromatic N) is 2. The standard InChI is InChI=1S/C18H17N3O/c1-2-21-12-6-11-19-18(21)13-7-5-10-16-17(13)20-14-8-3-4-9-15(14)22-16/h3-11,20H,2,12H2,1H3. The number of nitrogens with one attached hydrogen (secondary N) is 1. The van der Waals surface area contributed by atoms with E-state index in [-0.39, 0.29) is 0 Å². The Hall–Kier alpha value is -2.75. The Morgan fingerprint density at radius 1 is 1.14 bits per heavy atom. The number of para-hydroxylation sites is 3. The van der Waals surface area contributed by atoms with E-state index in [1.54, 1.807) is 0 Å². The third-order valence-electron chi connectivity index (χ3n) is 3.94. The van der Waals surface area contributed by atoms with Crippen LogP contribution in [-0.2, 0) is 0 Å². The molecule has 0 aliphatic carbocycles. The number of amidine groups is 1. The van der Waals surface area contributed by atoms with Gasteiger partial charge >= 0.3 is 0 Å². The topological polar surface area (TPSA) is 36.9 Å². The molecule has 0 aromatic heterocycles. The minimum Gasteiger partial charge on any atom is -0.453 e. The molecular weight excluding hydrogens is 274 g/mol. The molecule has 22 heavy (non-hydrogen) atoms. The minimum atomic E-state index is 0.838. The lowest BCUT2D eigenvalue weighted by Crippen LogP contribution is -2.33. The van der Waals surface area contributed by atoms with Crippen molar-refractivity contribution in [3.05, 3.63) is 60.3 Å². The van der Waals surface area contributed by atoms with Crippen molar-refractivity contribution in [2.24, 2.45) is 4.99 Å². The van der Waals surface area contributed by atoms with E-state index in [0.29, 0.717) is 0 Å². The van der Waals surface area contributed by atoms with Crippen molar-refractivity contribution in [2.75, 3.05) is 18.4 Å². The third-order valence-corrected chi connectivity index (χ3v) is 3.94. The van der Waals surface area contributed by atoms with Gasteiger partial charge in [0, 0.05) is 24.9 Å². The lowest BCUT2D eigenvalue weighted by molar-refractivity contribution is 0.476. The Labute approximate surface area is 129 Å². The van der Waals surface area contributed by atoms with E-state index in [9.17, 15) is 0 Å². The van der Waals surface area contributed by atoms with E-state index in [1.807, 2.05) is 42.6 Å². The fourth-order valence-electron chi connectivity index (χ4n) is 2.83. The summed E-state index contributed by atoms with van der Waals surface area (Å²) < 4.78 is 6.02. The van der Waals surface area contributed by atoms with Crippen molar-refractivity contribution in [1.82, 2.24) is 4.90 Å². The van der Waals surface area contributed by atoms with Gasteiger partial charge in [0.05, 0.1) is 11.4 Å². The van der Waals surface area contributed by atoms with Gasteiger partial charge < -0.3 is 15.0 Å². The molecule has 4 heteroatoms. The van der Waals surface area contributed by atoms with Gasteiger partial charge in [-0.1, -0.05) is 18.2 Å². The van der Waals surface area contributed by atoms with Crippen LogP contribution in [-0.4, -0.2) is 23.8 Å². The molecule has 0 unspecified atom stereocenters. The average Bonchev–Trinajstić information content (AvgIpc) is 2.59. The first-order valence-electron chi connectivity index (χ1n) is 7.52. The number of likely N-dealkylation sites (N-methyl/N-ethyl adjacent to an activating group) is 1. The molecule has 0 amide bonds. The van der Waals surface area contributed by atoms with Crippen LogP contribution in [0, 0.1) is 0 Å². The molecule has 110 valence electrons. The number of fused-ring (bicyclic) bond motifs is 2. The highest BCUT2D eigenvalue weighted by Gasteiger charge is 2.23. The van der Waals surface area contributed by atoms with Crippen LogP contribution in [0.25, 0.3) is 0 Å². The van der Waals surface area contributed by atoms with E-state index in [2.05, 4.69) is 34.3 Å². The average molecular weight is 291 g/mol. The Bertz CT molecular complexity index is 780. The molecule has 4 rings (SSSR count). The Morgan fingerprint density at radius 2 is 2.00 bits per heavy atom. The van der Waals surface area contributed by atoms with Gasteiger partial charge in [0.15, 0.2) is 11.5 Å². The van der Waals surface area contributed by atoms with Crippen LogP contribution in [0.15, 0.2) is 59.7 Å². The van der Waals surface area contributed by atoms with E-state index in [0.717, 1.165) is 47.4 Å². The van der Waals surface area contributed by atoms with E-state index in [1.165, 1.54) is 0 Å². The van der Waals surface area contributed by atoms with Crippen molar-refractivity contribution in [3.63, 3.8) is 0 Å². The van der Waals surface area contributed by atoms with E-state index >= 15 is 0 Å². The minimum absolute atomic E-state index is 0.838. The second kappa shape index (κ2) is 5.22. The van der Waals surface area contributed by atoms with Crippen LogP contribution in [0.4, 0.5) is 11.4 Å². The van der Waals surface area contributed by atoms with E-state index in [4.69, 9.17) is 4.74 Å². The van der Waals surface area contributed by atoms with Crippen LogP contribution in [0.2, 0.25) is 0 Å². The molecule has 2 aliphatic rings. The SMILES string of the molecule is CCN1CC=CN=C1c1cccc2c1Nc1ccccc1O2. The molecule has 0 spiro atoms. The number of rotatable bonds is 2. The summed E-state index contributed by atoms with van der Waals surface area (Å²) >= 11 is 0. The van der Waals surface area contributed by atoms with Gasteiger partial charge in [-0.15, -0.1) is 0 Å². The van der Waals surface area contributed by atoms with Crippen molar-refractivity contribution in [2.45, 2.75) is 6.92 Å². The second-order valence-electron chi connectivity index (χ2n) is 5.28. The molecule has 0 bridgehead atoms. The van der Waals surface area contributed by atoms with Crippen molar-refractivity contribution < 1.29 is 4.74 Å². The zero-order valence-corrected chi connectivity index (χ0v) is 12.4. The first-order valence-corrected chi connectivity index (χ1v) is 7.52. The fraction of sp³-hybridized carbons (Fsp3) is 0.167. The predicted molar refractivity (Wildman–Crippen MR) is 89.2 cm³/mol. The maximum absolute atomic E-state index is 6.02. The Balaban J connectivity index is 1.81. The number of hydrogen-bond donors (Lipinski definition) is 1. The zero-order chi connectivity index (χ0) is 14.9. The molecule has 0 saturated carbocycles. The molecule has 2 aromatic carbocycles. The molecule has 0 atom stereocenters. The van der Waals surface area contributed by atoms with Crippen LogP contribution < -0.4 is 10.1 Å². The summed E-state index contributed by atoms with van der Waals surface area (Å²) in [6, 6.07) is 14.1. The van der Waals surface area contributed by atoms with Crippen molar-refractivity contribution in [1.29, 1.82) is 0 Å². The molecular formula is C18H17N3O. The highest BCUT2D eigenvalue weighted by molar-refractivity contribution is 6.06. The van der Waals surface area contributed by atoms with Crippen molar-refractivity contribution >= 4 is 17.2 Å². The van der Waals surface area contributed by atoms with E-state index < -0.39 is 0 Å². The molecule has 0 saturated heterocycles. The van der Waals surface area contributed by atoms with Gasteiger partial charge in [0.25, 0.3) is 0 Å². The van der Waals surface area contributed by atoms with Gasteiger partial charge in [0.2, 0.25) is 0 Å². The summed E-state index contributed by atoms with van der Waals surface area (Å²) in [5, 5.41) is 3.49. The van der Waals surface area contributed by atoms with Gasteiger partial charge in [0.1, 0.15) is 5.84 Å². The first kappa shape index (κ1) is 13.0. The quantitative estimate of drug-likeness (QED) is 0.771. The Kier molecular flexibility index (Phi) is 3.07. The number of anilines is 2. The molecule has 4 nitrogen and oxygen atoms in total. The molecule has 0 fully saturated rings. The zero-order valence-electron chi connectivity index (χ0n) is 12.4. The largest absolute Gasteiger partial charge is 0.453 e. The summed E-state index contributed by atoms with van der Waals surface area (Å²) in [7, 11) is 0. The number of hydrogen-bond acceptors (Lipinski definition) is 4. The van der Waals surface area contributed by atoms with Gasteiger partial charge in [-0.25, -0.2) is 4.99 Å². The maximum atomic E-state index is 6.02. The molecule has 0 radical (unpaired) electrons. The van der Waals surface area contributed by atoms with Crippen LogP contribution >= 0.6 is 0 Å². The molecule has 2 aliphatic heterocycles. The maximum Gasteiger partial charge on any atom is 0.151 e. The highest BCUT2D eigenvalue weighted by atomic mass is 16.5. The smallest absolute Gasteiger partial charge is 0.151 e. The lowest BCUT2D eigenvalue weighted by Gasteiger charge is -2.29. The van der Waals surface area contributed by atoms with Crippen LogP contribution in [0.3, 0.4) is 0 Å². The van der Waals surface area contributed by atoms with Crippen molar-refractivity contribution in [3.8, 4) is 11.5 Å². The summed E-state index contributed by atoms with van der Waals surface area (Å²) in [6.07, 6.45) is 3.94. The molecule has 2 aromatic rings. The summed E-state index contributed by atoms with van der Waals surface area (Å²) in [5.74, 6) is 2.67. The number of aliphatic imine (C=N–C) groups is 1. The lowest BCUT2D eigenvalue weighted by atomic mass is 10.1. The van der Waals surface area contributed by atoms with Crippen LogP contribution in [0.1, 0.15) is 12.5 Å². The number of benzene rings is 2. The van der Waals surface area contributed by atoms with Crippen LogP contribution in [0.5, 0.6) is 11.5 Å². The fourth-order valence-corrected chi connectivity index (χ4v) is 2.83. The molecule has 2 heterocycles. The highest BCUT2D eigenvalue weighted by Crippen LogP contribution is 2.43. The first-order chi connectivity index (χ1) is 10.9. The van der Waals surface area contributed by atoms with Gasteiger partial charge in [-0.3, -0.25) is 0 Å². The molecule has 1 N–H and O–H groups in total.